The normalized spacial score (nSPS) is 17.3. The van der Waals surface area contributed by atoms with Gasteiger partial charge in [-0.3, -0.25) is 4.79 Å². The standard InChI is InChI=1S/C19H16FN3O2/c1-12-9-15(7-8-16(12)20)23-11-14(10-17(23)24)18-21-19(25-22-18)13-5-3-2-4-6-13/h2-9,14H,10-11H2,1H3. The van der Waals surface area contributed by atoms with E-state index in [4.69, 9.17) is 4.52 Å². The molecule has 1 aromatic heterocycles. The van der Waals surface area contributed by atoms with Gasteiger partial charge in [-0.15, -0.1) is 0 Å². The Hall–Kier alpha value is -3.02. The van der Waals surface area contributed by atoms with Crippen LogP contribution < -0.4 is 4.90 Å². The molecule has 0 radical (unpaired) electrons. The first kappa shape index (κ1) is 15.5. The molecule has 1 amide bonds. The summed E-state index contributed by atoms with van der Waals surface area (Å²) in [5.41, 5.74) is 2.05. The van der Waals surface area contributed by atoms with Crippen LogP contribution in [0.4, 0.5) is 10.1 Å². The van der Waals surface area contributed by atoms with Gasteiger partial charge in [0, 0.05) is 30.1 Å². The van der Waals surface area contributed by atoms with Gasteiger partial charge in [0.2, 0.25) is 5.91 Å². The zero-order valence-electron chi connectivity index (χ0n) is 13.6. The second-order valence-electron chi connectivity index (χ2n) is 6.16. The number of carbonyl (C=O) groups is 1. The minimum Gasteiger partial charge on any atom is -0.334 e. The summed E-state index contributed by atoms with van der Waals surface area (Å²) in [7, 11) is 0. The molecule has 25 heavy (non-hydrogen) atoms. The Labute approximate surface area is 144 Å². The second-order valence-corrected chi connectivity index (χ2v) is 6.16. The van der Waals surface area contributed by atoms with Gasteiger partial charge in [-0.1, -0.05) is 23.4 Å². The molecule has 0 bridgehead atoms. The van der Waals surface area contributed by atoms with Crippen molar-refractivity contribution >= 4 is 11.6 Å². The number of hydrogen-bond donors (Lipinski definition) is 0. The highest BCUT2D eigenvalue weighted by atomic mass is 19.1. The summed E-state index contributed by atoms with van der Waals surface area (Å²) in [5, 5.41) is 4.04. The Morgan fingerprint density at radius 1 is 1.20 bits per heavy atom. The first-order chi connectivity index (χ1) is 12.1. The molecule has 6 heteroatoms. The molecule has 0 aliphatic carbocycles. The van der Waals surface area contributed by atoms with Crippen molar-refractivity contribution in [1.82, 2.24) is 10.1 Å². The van der Waals surface area contributed by atoms with E-state index in [-0.39, 0.29) is 17.6 Å². The van der Waals surface area contributed by atoms with Crippen molar-refractivity contribution in [3.63, 3.8) is 0 Å². The van der Waals surface area contributed by atoms with Gasteiger partial charge in [0.15, 0.2) is 5.82 Å². The van der Waals surface area contributed by atoms with Crippen LogP contribution in [0.25, 0.3) is 11.5 Å². The van der Waals surface area contributed by atoms with Gasteiger partial charge in [-0.2, -0.15) is 4.98 Å². The van der Waals surface area contributed by atoms with Crippen LogP contribution in [0.5, 0.6) is 0 Å². The fraction of sp³-hybridized carbons (Fsp3) is 0.211. The van der Waals surface area contributed by atoms with E-state index in [0.717, 1.165) is 5.56 Å². The van der Waals surface area contributed by atoms with E-state index in [9.17, 15) is 9.18 Å². The van der Waals surface area contributed by atoms with E-state index in [1.165, 1.54) is 6.07 Å². The van der Waals surface area contributed by atoms with Crippen molar-refractivity contribution in [2.24, 2.45) is 0 Å². The maximum absolute atomic E-state index is 13.5. The highest BCUT2D eigenvalue weighted by Gasteiger charge is 2.34. The molecule has 0 N–H and O–H groups in total. The maximum atomic E-state index is 13.5. The van der Waals surface area contributed by atoms with Gasteiger partial charge in [0.1, 0.15) is 5.82 Å². The minimum absolute atomic E-state index is 0.0259. The molecule has 1 atom stereocenters. The fourth-order valence-corrected chi connectivity index (χ4v) is 3.03. The summed E-state index contributed by atoms with van der Waals surface area (Å²) in [4.78, 5) is 18.5. The lowest BCUT2D eigenvalue weighted by Gasteiger charge is -2.16. The fourth-order valence-electron chi connectivity index (χ4n) is 3.03. The van der Waals surface area contributed by atoms with Crippen LogP contribution in [0, 0.1) is 12.7 Å². The van der Waals surface area contributed by atoms with E-state index in [1.54, 1.807) is 24.0 Å². The van der Waals surface area contributed by atoms with Crippen molar-refractivity contribution in [3.8, 4) is 11.5 Å². The molecule has 0 spiro atoms. The summed E-state index contributed by atoms with van der Waals surface area (Å²) in [5.74, 6) is 0.520. The molecule has 2 aromatic carbocycles. The Kier molecular flexibility index (Phi) is 3.80. The quantitative estimate of drug-likeness (QED) is 0.731. The van der Waals surface area contributed by atoms with Crippen LogP contribution in [0.1, 0.15) is 23.7 Å². The van der Waals surface area contributed by atoms with Gasteiger partial charge in [-0.05, 0) is 42.8 Å². The molecule has 0 saturated carbocycles. The molecule has 5 nitrogen and oxygen atoms in total. The predicted octanol–water partition coefficient (Wildman–Crippen LogP) is 3.70. The Balaban J connectivity index is 1.56. The van der Waals surface area contributed by atoms with Crippen molar-refractivity contribution in [2.45, 2.75) is 19.3 Å². The van der Waals surface area contributed by atoms with Crippen LogP contribution in [0.3, 0.4) is 0 Å². The SMILES string of the molecule is Cc1cc(N2CC(c3noc(-c4ccccc4)n3)CC2=O)ccc1F. The Morgan fingerprint density at radius 2 is 2.00 bits per heavy atom. The van der Waals surface area contributed by atoms with Gasteiger partial charge < -0.3 is 9.42 Å². The molecule has 126 valence electrons. The highest BCUT2D eigenvalue weighted by molar-refractivity contribution is 5.96. The molecule has 1 aliphatic rings. The van der Waals surface area contributed by atoms with Gasteiger partial charge in [-0.25, -0.2) is 4.39 Å². The Bertz CT molecular complexity index is 923. The minimum atomic E-state index is -0.280. The van der Waals surface area contributed by atoms with E-state index in [0.29, 0.717) is 35.9 Å². The van der Waals surface area contributed by atoms with E-state index in [2.05, 4.69) is 10.1 Å². The van der Waals surface area contributed by atoms with E-state index in [1.807, 2.05) is 30.3 Å². The lowest BCUT2D eigenvalue weighted by Crippen LogP contribution is -2.24. The molecule has 4 rings (SSSR count). The number of rotatable bonds is 3. The van der Waals surface area contributed by atoms with Crippen molar-refractivity contribution in [3.05, 3.63) is 65.7 Å². The number of aromatic nitrogens is 2. The number of amides is 1. The van der Waals surface area contributed by atoms with Crippen LogP contribution in [-0.4, -0.2) is 22.6 Å². The lowest BCUT2D eigenvalue weighted by atomic mass is 10.1. The average Bonchev–Trinajstić information content (AvgIpc) is 3.25. The highest BCUT2D eigenvalue weighted by Crippen LogP contribution is 2.32. The van der Waals surface area contributed by atoms with E-state index < -0.39 is 0 Å². The number of benzene rings is 2. The van der Waals surface area contributed by atoms with Crippen LogP contribution in [-0.2, 0) is 4.79 Å². The molecular weight excluding hydrogens is 321 g/mol. The smallest absolute Gasteiger partial charge is 0.257 e. The van der Waals surface area contributed by atoms with Gasteiger partial charge in [0.25, 0.3) is 5.89 Å². The molecule has 1 saturated heterocycles. The predicted molar refractivity (Wildman–Crippen MR) is 90.6 cm³/mol. The third kappa shape index (κ3) is 2.91. The summed E-state index contributed by atoms with van der Waals surface area (Å²) in [6.45, 7) is 2.14. The van der Waals surface area contributed by atoms with E-state index >= 15 is 0 Å². The molecule has 2 heterocycles. The van der Waals surface area contributed by atoms with Gasteiger partial charge >= 0.3 is 0 Å². The van der Waals surface area contributed by atoms with Crippen LogP contribution in [0.15, 0.2) is 53.1 Å². The summed E-state index contributed by atoms with van der Waals surface area (Å²) >= 11 is 0. The van der Waals surface area contributed by atoms with Crippen LogP contribution in [0.2, 0.25) is 0 Å². The largest absolute Gasteiger partial charge is 0.334 e. The zero-order valence-corrected chi connectivity index (χ0v) is 13.6. The number of nitrogens with zero attached hydrogens (tertiary/aromatic N) is 3. The maximum Gasteiger partial charge on any atom is 0.257 e. The third-order valence-corrected chi connectivity index (χ3v) is 4.41. The molecular formula is C19H16FN3O2. The van der Waals surface area contributed by atoms with Crippen molar-refractivity contribution in [2.75, 3.05) is 11.4 Å². The number of aryl methyl sites for hydroxylation is 1. The topological polar surface area (TPSA) is 59.2 Å². The molecule has 1 aliphatic heterocycles. The number of carbonyl (C=O) groups excluding carboxylic acids is 1. The number of hydrogen-bond acceptors (Lipinski definition) is 4. The average molecular weight is 337 g/mol. The zero-order chi connectivity index (χ0) is 17.4. The first-order valence-corrected chi connectivity index (χ1v) is 8.07. The summed E-state index contributed by atoms with van der Waals surface area (Å²) < 4.78 is 18.8. The first-order valence-electron chi connectivity index (χ1n) is 8.07. The lowest BCUT2D eigenvalue weighted by molar-refractivity contribution is -0.117. The second kappa shape index (κ2) is 6.12. The van der Waals surface area contributed by atoms with Gasteiger partial charge in [0.05, 0.1) is 0 Å². The molecule has 1 unspecified atom stereocenters. The van der Waals surface area contributed by atoms with Crippen molar-refractivity contribution in [1.29, 1.82) is 0 Å². The third-order valence-electron chi connectivity index (χ3n) is 4.41. The number of anilines is 1. The number of halogens is 1. The van der Waals surface area contributed by atoms with Crippen LogP contribution >= 0.6 is 0 Å². The summed E-state index contributed by atoms with van der Waals surface area (Å²) in [6.07, 6.45) is 0.310. The summed E-state index contributed by atoms with van der Waals surface area (Å²) in [6, 6.07) is 14.2. The van der Waals surface area contributed by atoms with Crippen molar-refractivity contribution < 1.29 is 13.7 Å². The molecule has 1 fully saturated rings. The molecule has 3 aromatic rings. The monoisotopic (exact) mass is 337 g/mol. The Morgan fingerprint density at radius 3 is 2.76 bits per heavy atom.